The molecular weight excluding hydrogens is 220 g/mol. The smallest absolute Gasteiger partial charge is 0.126 e. The summed E-state index contributed by atoms with van der Waals surface area (Å²) in [6.45, 7) is 4.66. The lowest BCUT2D eigenvalue weighted by Gasteiger charge is -2.05. The fraction of sp³-hybridized carbons (Fsp3) is 0.273. The zero-order valence-electron chi connectivity index (χ0n) is 9.32. The van der Waals surface area contributed by atoms with Crippen LogP contribution in [0.5, 0.6) is 0 Å². The van der Waals surface area contributed by atoms with Gasteiger partial charge in [0.1, 0.15) is 5.82 Å². The molecule has 0 amide bonds. The second-order valence-electron chi connectivity index (χ2n) is 3.64. The van der Waals surface area contributed by atoms with Crippen LogP contribution in [0.25, 0.3) is 0 Å². The summed E-state index contributed by atoms with van der Waals surface area (Å²) >= 11 is 1.65. The van der Waals surface area contributed by atoms with Crippen molar-refractivity contribution in [1.29, 1.82) is 0 Å². The molecule has 0 aliphatic carbocycles. The lowest BCUT2D eigenvalue weighted by atomic mass is 10.2. The number of thiazole rings is 1. The molecule has 0 aliphatic heterocycles. The van der Waals surface area contributed by atoms with E-state index in [9.17, 15) is 0 Å². The topological polar surface area (TPSA) is 63.8 Å². The molecule has 2 aromatic heterocycles. The number of nitrogens with two attached hydrogens (primary N) is 1. The predicted molar refractivity (Wildman–Crippen MR) is 67.6 cm³/mol. The van der Waals surface area contributed by atoms with Crippen LogP contribution in [0, 0.1) is 13.8 Å². The highest BCUT2D eigenvalue weighted by molar-refractivity contribution is 7.09. The SMILES string of the molecule is Cc1nc(CNc2cc(C)c(N)cn2)cs1. The number of pyridine rings is 1. The number of aromatic nitrogens is 2. The van der Waals surface area contributed by atoms with Crippen LogP contribution in [0.3, 0.4) is 0 Å². The first-order chi connectivity index (χ1) is 7.65. The average molecular weight is 234 g/mol. The highest BCUT2D eigenvalue weighted by Gasteiger charge is 2.00. The number of hydrogen-bond donors (Lipinski definition) is 2. The van der Waals surface area contributed by atoms with Gasteiger partial charge in [-0.1, -0.05) is 0 Å². The minimum Gasteiger partial charge on any atom is -0.397 e. The first-order valence-electron chi connectivity index (χ1n) is 5.02. The maximum absolute atomic E-state index is 5.70. The number of nitrogen functional groups attached to an aromatic ring is 1. The molecule has 2 aromatic rings. The lowest BCUT2D eigenvalue weighted by Crippen LogP contribution is -2.03. The molecule has 84 valence electrons. The Morgan fingerprint density at radius 3 is 2.88 bits per heavy atom. The normalized spacial score (nSPS) is 10.4. The third-order valence-corrected chi connectivity index (χ3v) is 3.09. The van der Waals surface area contributed by atoms with Gasteiger partial charge in [-0.25, -0.2) is 9.97 Å². The highest BCUT2D eigenvalue weighted by atomic mass is 32.1. The van der Waals surface area contributed by atoms with Gasteiger partial charge in [0.15, 0.2) is 0 Å². The van der Waals surface area contributed by atoms with Gasteiger partial charge in [-0.05, 0) is 25.5 Å². The second-order valence-corrected chi connectivity index (χ2v) is 4.70. The van der Waals surface area contributed by atoms with Gasteiger partial charge < -0.3 is 11.1 Å². The van der Waals surface area contributed by atoms with Crippen molar-refractivity contribution in [1.82, 2.24) is 9.97 Å². The van der Waals surface area contributed by atoms with E-state index in [0.29, 0.717) is 6.54 Å². The van der Waals surface area contributed by atoms with Crippen LogP contribution in [0.15, 0.2) is 17.6 Å². The monoisotopic (exact) mass is 234 g/mol. The van der Waals surface area contributed by atoms with Gasteiger partial charge in [-0.2, -0.15) is 0 Å². The van der Waals surface area contributed by atoms with Gasteiger partial charge >= 0.3 is 0 Å². The van der Waals surface area contributed by atoms with E-state index in [1.807, 2.05) is 25.3 Å². The van der Waals surface area contributed by atoms with Crippen LogP contribution in [-0.2, 0) is 6.54 Å². The van der Waals surface area contributed by atoms with Crippen LogP contribution in [0.2, 0.25) is 0 Å². The minimum absolute atomic E-state index is 0.695. The Balaban J connectivity index is 2.02. The molecule has 0 radical (unpaired) electrons. The Morgan fingerprint density at radius 2 is 2.25 bits per heavy atom. The lowest BCUT2D eigenvalue weighted by molar-refractivity contribution is 1.04. The molecule has 2 heterocycles. The summed E-state index contributed by atoms with van der Waals surface area (Å²) < 4.78 is 0. The van der Waals surface area contributed by atoms with E-state index in [4.69, 9.17) is 5.73 Å². The van der Waals surface area contributed by atoms with Crippen molar-refractivity contribution in [3.05, 3.63) is 33.9 Å². The summed E-state index contributed by atoms with van der Waals surface area (Å²) in [5.74, 6) is 0.831. The maximum Gasteiger partial charge on any atom is 0.126 e. The molecule has 2 rings (SSSR count). The molecule has 16 heavy (non-hydrogen) atoms. The van der Waals surface area contributed by atoms with Gasteiger partial charge in [-0.3, -0.25) is 0 Å². The number of rotatable bonds is 3. The van der Waals surface area contributed by atoms with Crippen molar-refractivity contribution in [2.75, 3.05) is 11.1 Å². The van der Waals surface area contributed by atoms with Crippen molar-refractivity contribution in [3.63, 3.8) is 0 Å². The number of hydrogen-bond acceptors (Lipinski definition) is 5. The number of nitrogens with one attached hydrogen (secondary N) is 1. The molecule has 5 heteroatoms. The summed E-state index contributed by atoms with van der Waals surface area (Å²) in [5, 5.41) is 6.35. The van der Waals surface area contributed by atoms with E-state index < -0.39 is 0 Å². The Kier molecular flexibility index (Phi) is 3.05. The summed E-state index contributed by atoms with van der Waals surface area (Å²) in [4.78, 5) is 8.57. The zero-order chi connectivity index (χ0) is 11.5. The average Bonchev–Trinajstić information content (AvgIpc) is 2.66. The zero-order valence-corrected chi connectivity index (χ0v) is 10.1. The van der Waals surface area contributed by atoms with E-state index in [2.05, 4.69) is 15.3 Å². The molecule has 0 fully saturated rings. The molecule has 4 nitrogen and oxygen atoms in total. The van der Waals surface area contributed by atoms with Gasteiger partial charge in [0.05, 0.1) is 29.1 Å². The molecule has 0 aromatic carbocycles. The summed E-state index contributed by atoms with van der Waals surface area (Å²) in [7, 11) is 0. The van der Waals surface area contributed by atoms with Crippen LogP contribution >= 0.6 is 11.3 Å². The first kappa shape index (κ1) is 10.9. The van der Waals surface area contributed by atoms with E-state index >= 15 is 0 Å². The highest BCUT2D eigenvalue weighted by Crippen LogP contribution is 2.14. The fourth-order valence-electron chi connectivity index (χ4n) is 1.33. The van der Waals surface area contributed by atoms with E-state index in [0.717, 1.165) is 27.8 Å². The molecule has 0 atom stereocenters. The summed E-state index contributed by atoms with van der Waals surface area (Å²) in [6, 6.07) is 1.94. The van der Waals surface area contributed by atoms with E-state index in [-0.39, 0.29) is 0 Å². The van der Waals surface area contributed by atoms with Gasteiger partial charge in [0.25, 0.3) is 0 Å². The maximum atomic E-state index is 5.70. The van der Waals surface area contributed by atoms with Crippen molar-refractivity contribution >= 4 is 22.8 Å². The van der Waals surface area contributed by atoms with Crippen molar-refractivity contribution in [2.45, 2.75) is 20.4 Å². The summed E-state index contributed by atoms with van der Waals surface area (Å²) in [5.41, 5.74) is 8.49. The largest absolute Gasteiger partial charge is 0.397 e. The minimum atomic E-state index is 0.695. The van der Waals surface area contributed by atoms with Crippen LogP contribution in [0.4, 0.5) is 11.5 Å². The molecular formula is C11H14N4S. The second kappa shape index (κ2) is 4.49. The van der Waals surface area contributed by atoms with E-state index in [1.54, 1.807) is 17.5 Å². The number of anilines is 2. The predicted octanol–water partition coefficient (Wildman–Crippen LogP) is 2.35. The molecule has 0 unspecified atom stereocenters. The standard InChI is InChI=1S/C11H14N4S/c1-7-3-11(14-5-10(7)12)13-4-9-6-16-8(2)15-9/h3,5-6H,4,12H2,1-2H3,(H,13,14). The summed E-state index contributed by atoms with van der Waals surface area (Å²) in [6.07, 6.45) is 1.67. The molecule has 0 saturated carbocycles. The molecule has 0 bridgehead atoms. The van der Waals surface area contributed by atoms with Crippen LogP contribution in [-0.4, -0.2) is 9.97 Å². The van der Waals surface area contributed by atoms with E-state index in [1.165, 1.54) is 0 Å². The first-order valence-corrected chi connectivity index (χ1v) is 5.90. The third kappa shape index (κ3) is 2.49. The van der Waals surface area contributed by atoms with Crippen LogP contribution in [0.1, 0.15) is 16.3 Å². The molecule has 3 N–H and O–H groups in total. The van der Waals surface area contributed by atoms with Gasteiger partial charge in [0, 0.05) is 5.38 Å². The van der Waals surface area contributed by atoms with Crippen molar-refractivity contribution in [2.24, 2.45) is 0 Å². The number of nitrogens with zero attached hydrogens (tertiary/aromatic N) is 2. The van der Waals surface area contributed by atoms with Crippen molar-refractivity contribution < 1.29 is 0 Å². The molecule has 0 saturated heterocycles. The van der Waals surface area contributed by atoms with Crippen LogP contribution < -0.4 is 11.1 Å². The third-order valence-electron chi connectivity index (χ3n) is 2.27. The van der Waals surface area contributed by atoms with Gasteiger partial charge in [0.2, 0.25) is 0 Å². The quantitative estimate of drug-likeness (QED) is 0.855. The number of aryl methyl sites for hydroxylation is 2. The molecule has 0 aliphatic rings. The Labute approximate surface area is 98.6 Å². The Bertz CT molecular complexity index is 492. The van der Waals surface area contributed by atoms with Crippen molar-refractivity contribution in [3.8, 4) is 0 Å². The molecule has 0 spiro atoms. The Morgan fingerprint density at radius 1 is 1.44 bits per heavy atom. The fourth-order valence-corrected chi connectivity index (χ4v) is 1.95. The Hall–Kier alpha value is -1.62. The van der Waals surface area contributed by atoms with Gasteiger partial charge in [-0.15, -0.1) is 11.3 Å².